The lowest BCUT2D eigenvalue weighted by atomic mass is 10.2. The van der Waals surface area contributed by atoms with Crippen LogP contribution in [0.2, 0.25) is 10.0 Å². The Balaban J connectivity index is 1.65. The first-order chi connectivity index (χ1) is 13.5. The van der Waals surface area contributed by atoms with Crippen LogP contribution in [0, 0.1) is 0 Å². The summed E-state index contributed by atoms with van der Waals surface area (Å²) in [6.07, 6.45) is 3.10. The number of thioether (sulfide) groups is 1. The highest BCUT2D eigenvalue weighted by Gasteiger charge is 2.33. The van der Waals surface area contributed by atoms with Gasteiger partial charge in [-0.05, 0) is 48.0 Å². The first-order valence-electron chi connectivity index (χ1n) is 8.44. The van der Waals surface area contributed by atoms with Gasteiger partial charge in [-0.25, -0.2) is 0 Å². The number of rotatable bonds is 5. The number of hydrogen-bond acceptors (Lipinski definition) is 4. The highest BCUT2D eigenvalue weighted by Crippen LogP contribution is 2.25. The Morgan fingerprint density at radius 1 is 1.18 bits per heavy atom. The largest absolute Gasteiger partial charge is 0.497 e. The number of benzene rings is 2. The number of nitrogens with one attached hydrogen (secondary N) is 1. The number of ether oxygens (including phenoxy) is 1. The van der Waals surface area contributed by atoms with E-state index in [4.69, 9.17) is 27.9 Å². The van der Waals surface area contributed by atoms with Crippen LogP contribution in [-0.2, 0) is 9.59 Å². The predicted octanol–water partition coefficient (Wildman–Crippen LogP) is 4.56. The maximum absolute atomic E-state index is 12.6. The van der Waals surface area contributed by atoms with Crippen molar-refractivity contribution in [1.82, 2.24) is 4.90 Å². The Hall–Kier alpha value is -2.15. The smallest absolute Gasteiger partial charge is 0.248 e. The molecule has 8 heteroatoms. The summed E-state index contributed by atoms with van der Waals surface area (Å²) in [6, 6.07) is 11.6. The molecule has 1 unspecified atom stereocenters. The number of anilines is 1. The second-order valence-electron chi connectivity index (χ2n) is 6.05. The van der Waals surface area contributed by atoms with Gasteiger partial charge < -0.3 is 15.0 Å². The summed E-state index contributed by atoms with van der Waals surface area (Å²) < 4.78 is 5.11. The van der Waals surface area contributed by atoms with Crippen LogP contribution in [0.15, 0.2) is 48.5 Å². The SMILES string of the molecule is COc1ccc(NC(=O)C2CSCN2C(=O)C=Cc2ccc(Cl)c(Cl)c2)cc1. The Kier molecular flexibility index (Phi) is 6.88. The lowest BCUT2D eigenvalue weighted by molar-refractivity contribution is -0.132. The summed E-state index contributed by atoms with van der Waals surface area (Å²) in [5, 5.41) is 3.73. The van der Waals surface area contributed by atoms with Crippen LogP contribution < -0.4 is 10.1 Å². The van der Waals surface area contributed by atoms with Crippen molar-refractivity contribution >= 4 is 58.5 Å². The van der Waals surface area contributed by atoms with E-state index in [1.807, 2.05) is 0 Å². The molecule has 1 atom stereocenters. The van der Waals surface area contributed by atoms with Gasteiger partial charge in [0.1, 0.15) is 11.8 Å². The minimum Gasteiger partial charge on any atom is -0.497 e. The zero-order chi connectivity index (χ0) is 20.1. The fourth-order valence-corrected chi connectivity index (χ4v) is 4.13. The van der Waals surface area contributed by atoms with E-state index in [9.17, 15) is 9.59 Å². The van der Waals surface area contributed by atoms with Crippen molar-refractivity contribution in [3.63, 3.8) is 0 Å². The molecule has 0 spiro atoms. The van der Waals surface area contributed by atoms with E-state index in [1.165, 1.54) is 6.08 Å². The van der Waals surface area contributed by atoms with Gasteiger partial charge in [-0.2, -0.15) is 0 Å². The summed E-state index contributed by atoms with van der Waals surface area (Å²) in [4.78, 5) is 26.8. The Labute approximate surface area is 177 Å². The third-order valence-electron chi connectivity index (χ3n) is 4.19. The summed E-state index contributed by atoms with van der Waals surface area (Å²) in [6.45, 7) is 0. The van der Waals surface area contributed by atoms with Crippen molar-refractivity contribution in [2.45, 2.75) is 6.04 Å². The number of carbonyl (C=O) groups is 2. The summed E-state index contributed by atoms with van der Waals surface area (Å²) in [5.41, 5.74) is 1.41. The molecule has 5 nitrogen and oxygen atoms in total. The van der Waals surface area contributed by atoms with Gasteiger partial charge in [0.25, 0.3) is 0 Å². The van der Waals surface area contributed by atoms with E-state index >= 15 is 0 Å². The van der Waals surface area contributed by atoms with E-state index in [0.29, 0.717) is 33.1 Å². The molecule has 1 N–H and O–H groups in total. The molecule has 1 aliphatic heterocycles. The number of hydrogen-bond donors (Lipinski definition) is 1. The summed E-state index contributed by atoms with van der Waals surface area (Å²) >= 11 is 13.4. The quantitative estimate of drug-likeness (QED) is 0.698. The fourth-order valence-electron chi connectivity index (χ4n) is 2.66. The van der Waals surface area contributed by atoms with Crippen LogP contribution in [0.1, 0.15) is 5.56 Å². The van der Waals surface area contributed by atoms with Crippen molar-refractivity contribution in [2.75, 3.05) is 24.1 Å². The average Bonchev–Trinajstić information content (AvgIpc) is 3.19. The van der Waals surface area contributed by atoms with Gasteiger partial charge in [0.15, 0.2) is 0 Å². The van der Waals surface area contributed by atoms with E-state index in [2.05, 4.69) is 5.32 Å². The van der Waals surface area contributed by atoms with Crippen molar-refractivity contribution in [2.24, 2.45) is 0 Å². The molecule has 2 aromatic carbocycles. The van der Waals surface area contributed by atoms with Gasteiger partial charge in [0, 0.05) is 17.5 Å². The highest BCUT2D eigenvalue weighted by molar-refractivity contribution is 7.99. The van der Waals surface area contributed by atoms with Gasteiger partial charge in [-0.15, -0.1) is 11.8 Å². The second kappa shape index (κ2) is 9.37. The van der Waals surface area contributed by atoms with Crippen LogP contribution in [0.3, 0.4) is 0 Å². The van der Waals surface area contributed by atoms with Gasteiger partial charge >= 0.3 is 0 Å². The monoisotopic (exact) mass is 436 g/mol. The van der Waals surface area contributed by atoms with E-state index in [-0.39, 0.29) is 11.8 Å². The molecule has 0 aliphatic carbocycles. The van der Waals surface area contributed by atoms with Gasteiger partial charge in [-0.3, -0.25) is 9.59 Å². The topological polar surface area (TPSA) is 58.6 Å². The van der Waals surface area contributed by atoms with Crippen LogP contribution >= 0.6 is 35.0 Å². The summed E-state index contributed by atoms with van der Waals surface area (Å²) in [5.74, 6) is 1.27. The maximum Gasteiger partial charge on any atom is 0.248 e. The molecule has 2 aromatic rings. The number of carbonyl (C=O) groups excluding carboxylic acids is 2. The first kappa shape index (κ1) is 20.6. The van der Waals surface area contributed by atoms with E-state index in [1.54, 1.807) is 72.3 Å². The van der Waals surface area contributed by atoms with Crippen LogP contribution in [-0.4, -0.2) is 41.5 Å². The van der Waals surface area contributed by atoms with Crippen LogP contribution in [0.5, 0.6) is 5.75 Å². The number of halogens is 2. The fraction of sp³-hybridized carbons (Fsp3) is 0.200. The lowest BCUT2D eigenvalue weighted by Gasteiger charge is -2.21. The number of nitrogens with zero attached hydrogens (tertiary/aromatic N) is 1. The molecule has 0 radical (unpaired) electrons. The van der Waals surface area contributed by atoms with Crippen molar-refractivity contribution in [1.29, 1.82) is 0 Å². The van der Waals surface area contributed by atoms with Crippen molar-refractivity contribution in [3.05, 3.63) is 64.1 Å². The van der Waals surface area contributed by atoms with E-state index < -0.39 is 6.04 Å². The highest BCUT2D eigenvalue weighted by atomic mass is 35.5. The standard InChI is InChI=1S/C20H18Cl2N2O3S/c1-27-15-6-4-14(5-7-15)23-20(26)18-11-28-12-24(18)19(25)9-3-13-2-8-16(21)17(22)10-13/h2-10,18H,11-12H2,1H3,(H,23,26). The summed E-state index contributed by atoms with van der Waals surface area (Å²) in [7, 11) is 1.58. The normalized spacial score (nSPS) is 16.4. The molecular weight excluding hydrogens is 419 g/mol. The molecule has 146 valence electrons. The maximum atomic E-state index is 12.6. The molecule has 0 aromatic heterocycles. The zero-order valence-corrected chi connectivity index (χ0v) is 17.4. The lowest BCUT2D eigenvalue weighted by Crippen LogP contribution is -2.43. The molecule has 0 bridgehead atoms. The molecule has 1 heterocycles. The Bertz CT molecular complexity index is 903. The average molecular weight is 437 g/mol. The van der Waals surface area contributed by atoms with Gasteiger partial charge in [0.2, 0.25) is 11.8 Å². The molecule has 1 saturated heterocycles. The first-order valence-corrected chi connectivity index (χ1v) is 10.4. The molecule has 2 amide bonds. The minimum absolute atomic E-state index is 0.216. The third-order valence-corrected chi connectivity index (χ3v) is 5.94. The molecule has 1 fully saturated rings. The molecule has 1 aliphatic rings. The second-order valence-corrected chi connectivity index (χ2v) is 7.86. The molecule has 28 heavy (non-hydrogen) atoms. The Morgan fingerprint density at radius 3 is 2.61 bits per heavy atom. The third kappa shape index (κ3) is 5.01. The molecular formula is C20H18Cl2N2O3S. The Morgan fingerprint density at radius 2 is 1.93 bits per heavy atom. The van der Waals surface area contributed by atoms with Crippen LogP contribution in [0.25, 0.3) is 6.08 Å². The molecule has 3 rings (SSSR count). The van der Waals surface area contributed by atoms with Gasteiger partial charge in [0.05, 0.1) is 23.0 Å². The number of methoxy groups -OCH3 is 1. The van der Waals surface area contributed by atoms with Crippen molar-refractivity contribution in [3.8, 4) is 5.75 Å². The zero-order valence-electron chi connectivity index (χ0n) is 15.0. The number of amides is 2. The van der Waals surface area contributed by atoms with Crippen molar-refractivity contribution < 1.29 is 14.3 Å². The molecule has 0 saturated carbocycles. The van der Waals surface area contributed by atoms with Gasteiger partial charge in [-0.1, -0.05) is 29.3 Å². The minimum atomic E-state index is -0.530. The van der Waals surface area contributed by atoms with Crippen LogP contribution in [0.4, 0.5) is 5.69 Å². The van der Waals surface area contributed by atoms with E-state index in [0.717, 1.165) is 5.56 Å². The predicted molar refractivity (Wildman–Crippen MR) is 115 cm³/mol.